The van der Waals surface area contributed by atoms with Gasteiger partial charge in [-0.05, 0) is 43.9 Å². The second-order valence-electron chi connectivity index (χ2n) is 7.44. The van der Waals surface area contributed by atoms with Crippen LogP contribution in [0.1, 0.15) is 48.9 Å². The molecule has 1 aromatic carbocycles. The molecular weight excluding hydrogens is 356 g/mol. The highest BCUT2D eigenvalue weighted by molar-refractivity contribution is 5.95. The number of carbonyl (C=O) groups excluding carboxylic acids is 3. The fourth-order valence-electron chi connectivity index (χ4n) is 3.73. The Morgan fingerprint density at radius 2 is 1.57 bits per heavy atom. The van der Waals surface area contributed by atoms with E-state index in [4.69, 9.17) is 0 Å². The number of likely N-dealkylation sites (tertiary alicyclic amines) is 2. The summed E-state index contributed by atoms with van der Waals surface area (Å²) >= 11 is 0. The maximum atomic E-state index is 12.3. The Morgan fingerprint density at radius 3 is 2.18 bits per heavy atom. The van der Waals surface area contributed by atoms with Crippen LogP contribution in [0.5, 0.6) is 0 Å². The van der Waals surface area contributed by atoms with Crippen LogP contribution in [0.4, 0.5) is 5.69 Å². The minimum absolute atomic E-state index is 0.0981. The third-order valence-electron chi connectivity index (χ3n) is 5.29. The standard InChI is InChI=1S/C21H30N4O3/c26-19-8-2-12-24(19)14-4-10-22-18-7-1-6-17(16-18)21(28)23-11-5-15-25-13-3-9-20(25)27/h1,6-7,16,22H,2-5,8-15H2,(H,23,28). The molecule has 0 radical (unpaired) electrons. The largest absolute Gasteiger partial charge is 0.385 e. The van der Waals surface area contributed by atoms with E-state index in [0.717, 1.165) is 57.5 Å². The van der Waals surface area contributed by atoms with E-state index < -0.39 is 0 Å². The first kappa shape index (κ1) is 20.2. The molecule has 2 aliphatic heterocycles. The van der Waals surface area contributed by atoms with Crippen molar-refractivity contribution in [2.24, 2.45) is 0 Å². The average Bonchev–Trinajstić information content (AvgIpc) is 3.30. The maximum absolute atomic E-state index is 12.3. The summed E-state index contributed by atoms with van der Waals surface area (Å²) in [6, 6.07) is 7.45. The van der Waals surface area contributed by atoms with E-state index in [1.807, 2.05) is 28.0 Å². The molecule has 0 spiro atoms. The summed E-state index contributed by atoms with van der Waals surface area (Å²) in [5.41, 5.74) is 1.53. The summed E-state index contributed by atoms with van der Waals surface area (Å²) in [4.78, 5) is 39.3. The van der Waals surface area contributed by atoms with Crippen LogP contribution in [0.2, 0.25) is 0 Å². The van der Waals surface area contributed by atoms with Crippen molar-refractivity contribution in [3.63, 3.8) is 0 Å². The molecule has 0 atom stereocenters. The Morgan fingerprint density at radius 1 is 0.929 bits per heavy atom. The SMILES string of the molecule is O=C(NCCCN1CCCC1=O)c1cccc(NCCCN2CCCC2=O)c1. The van der Waals surface area contributed by atoms with E-state index in [1.165, 1.54) is 0 Å². The highest BCUT2D eigenvalue weighted by atomic mass is 16.2. The van der Waals surface area contributed by atoms with Crippen molar-refractivity contribution >= 4 is 23.4 Å². The number of amides is 3. The lowest BCUT2D eigenvalue weighted by molar-refractivity contribution is -0.128. The molecule has 0 unspecified atom stereocenters. The van der Waals surface area contributed by atoms with Gasteiger partial charge >= 0.3 is 0 Å². The Kier molecular flexibility index (Phi) is 7.28. The monoisotopic (exact) mass is 386 g/mol. The fraction of sp³-hybridized carbons (Fsp3) is 0.571. The van der Waals surface area contributed by atoms with Crippen LogP contribution in [-0.2, 0) is 9.59 Å². The van der Waals surface area contributed by atoms with E-state index in [1.54, 1.807) is 6.07 Å². The number of nitrogens with zero attached hydrogens (tertiary/aromatic N) is 2. The molecule has 3 rings (SSSR count). The molecule has 0 saturated carbocycles. The molecule has 3 amide bonds. The Balaban J connectivity index is 1.35. The van der Waals surface area contributed by atoms with Crippen LogP contribution in [0.15, 0.2) is 24.3 Å². The second-order valence-corrected chi connectivity index (χ2v) is 7.44. The molecule has 152 valence electrons. The van der Waals surface area contributed by atoms with Crippen LogP contribution in [0.25, 0.3) is 0 Å². The number of carbonyl (C=O) groups is 3. The molecule has 0 bridgehead atoms. The summed E-state index contributed by atoms with van der Waals surface area (Å²) < 4.78 is 0. The lowest BCUT2D eigenvalue weighted by Gasteiger charge is -2.16. The molecule has 2 fully saturated rings. The number of hydrogen-bond donors (Lipinski definition) is 2. The van der Waals surface area contributed by atoms with Crippen molar-refractivity contribution < 1.29 is 14.4 Å². The van der Waals surface area contributed by atoms with Gasteiger partial charge in [0, 0.05) is 63.4 Å². The molecule has 2 aliphatic rings. The maximum Gasteiger partial charge on any atom is 0.251 e. The van der Waals surface area contributed by atoms with Gasteiger partial charge in [0.1, 0.15) is 0 Å². The van der Waals surface area contributed by atoms with Crippen molar-refractivity contribution in [2.45, 2.75) is 38.5 Å². The van der Waals surface area contributed by atoms with Crippen molar-refractivity contribution in [2.75, 3.05) is 44.6 Å². The van der Waals surface area contributed by atoms with Crippen molar-refractivity contribution in [3.05, 3.63) is 29.8 Å². The Bertz CT molecular complexity index is 707. The highest BCUT2D eigenvalue weighted by Gasteiger charge is 2.19. The first-order valence-corrected chi connectivity index (χ1v) is 10.3. The van der Waals surface area contributed by atoms with Gasteiger partial charge in [0.05, 0.1) is 0 Å². The molecule has 2 N–H and O–H groups in total. The van der Waals surface area contributed by atoms with Gasteiger partial charge in [-0.2, -0.15) is 0 Å². The van der Waals surface area contributed by atoms with Gasteiger partial charge in [-0.3, -0.25) is 14.4 Å². The molecular formula is C21H30N4O3. The number of rotatable bonds is 10. The number of benzene rings is 1. The molecule has 1 aromatic rings. The first-order chi connectivity index (χ1) is 13.6. The van der Waals surface area contributed by atoms with Crippen molar-refractivity contribution in [1.29, 1.82) is 0 Å². The third-order valence-corrected chi connectivity index (χ3v) is 5.29. The first-order valence-electron chi connectivity index (χ1n) is 10.3. The summed E-state index contributed by atoms with van der Waals surface area (Å²) in [7, 11) is 0. The zero-order valence-corrected chi connectivity index (χ0v) is 16.4. The number of hydrogen-bond acceptors (Lipinski definition) is 4. The van der Waals surface area contributed by atoms with Gasteiger partial charge in [-0.25, -0.2) is 0 Å². The van der Waals surface area contributed by atoms with Crippen molar-refractivity contribution in [1.82, 2.24) is 15.1 Å². The quantitative estimate of drug-likeness (QED) is 0.602. The third kappa shape index (κ3) is 5.71. The fourth-order valence-corrected chi connectivity index (χ4v) is 3.73. The molecule has 0 aliphatic carbocycles. The van der Waals surface area contributed by atoms with E-state index >= 15 is 0 Å². The number of anilines is 1. The van der Waals surface area contributed by atoms with E-state index in [2.05, 4.69) is 10.6 Å². The molecule has 2 heterocycles. The van der Waals surface area contributed by atoms with E-state index in [0.29, 0.717) is 31.5 Å². The van der Waals surface area contributed by atoms with Gasteiger partial charge in [0.25, 0.3) is 5.91 Å². The van der Waals surface area contributed by atoms with Gasteiger partial charge in [-0.1, -0.05) is 6.07 Å². The van der Waals surface area contributed by atoms with E-state index in [-0.39, 0.29) is 17.7 Å². The predicted octanol–water partition coefficient (Wildman–Crippen LogP) is 1.85. The zero-order valence-electron chi connectivity index (χ0n) is 16.4. The van der Waals surface area contributed by atoms with Gasteiger partial charge < -0.3 is 20.4 Å². The van der Waals surface area contributed by atoms with Crippen LogP contribution in [0, 0.1) is 0 Å². The second kappa shape index (κ2) is 10.1. The molecule has 7 heteroatoms. The van der Waals surface area contributed by atoms with Gasteiger partial charge in [0.15, 0.2) is 0 Å². The van der Waals surface area contributed by atoms with Gasteiger partial charge in [-0.15, -0.1) is 0 Å². The Labute approximate surface area is 166 Å². The molecule has 0 aromatic heterocycles. The van der Waals surface area contributed by atoms with Gasteiger partial charge in [0.2, 0.25) is 11.8 Å². The van der Waals surface area contributed by atoms with Crippen LogP contribution in [0.3, 0.4) is 0 Å². The normalized spacial score (nSPS) is 16.7. The van der Waals surface area contributed by atoms with Crippen LogP contribution < -0.4 is 10.6 Å². The highest BCUT2D eigenvalue weighted by Crippen LogP contribution is 2.13. The lowest BCUT2D eigenvalue weighted by atomic mass is 10.2. The molecule has 2 saturated heterocycles. The lowest BCUT2D eigenvalue weighted by Crippen LogP contribution is -2.30. The number of nitrogens with one attached hydrogen (secondary N) is 2. The van der Waals surface area contributed by atoms with Crippen LogP contribution in [-0.4, -0.2) is 66.8 Å². The topological polar surface area (TPSA) is 81.8 Å². The summed E-state index contributed by atoms with van der Waals surface area (Å²) in [5, 5.41) is 6.25. The molecule has 28 heavy (non-hydrogen) atoms. The average molecular weight is 386 g/mol. The minimum Gasteiger partial charge on any atom is -0.385 e. The zero-order chi connectivity index (χ0) is 19.8. The minimum atomic E-state index is -0.0981. The summed E-state index contributed by atoms with van der Waals surface area (Å²) in [5.74, 6) is 0.381. The molecule has 7 nitrogen and oxygen atoms in total. The summed E-state index contributed by atoms with van der Waals surface area (Å²) in [6.45, 7) is 4.53. The van der Waals surface area contributed by atoms with Crippen LogP contribution >= 0.6 is 0 Å². The van der Waals surface area contributed by atoms with Crippen molar-refractivity contribution in [3.8, 4) is 0 Å². The smallest absolute Gasteiger partial charge is 0.251 e. The Hall–Kier alpha value is -2.57. The summed E-state index contributed by atoms with van der Waals surface area (Å²) in [6.07, 6.45) is 4.90. The van der Waals surface area contributed by atoms with E-state index in [9.17, 15) is 14.4 Å². The predicted molar refractivity (Wildman–Crippen MR) is 108 cm³/mol.